The van der Waals surface area contributed by atoms with Crippen molar-refractivity contribution in [2.24, 2.45) is 0 Å². The molecule has 8 heteroatoms. The number of likely N-dealkylation sites (N-methyl/N-ethyl adjacent to an activating group) is 1. The molecule has 0 aliphatic carbocycles. The molecule has 0 aliphatic rings. The molecule has 0 spiro atoms. The van der Waals surface area contributed by atoms with E-state index in [1.54, 1.807) is 17.3 Å². The van der Waals surface area contributed by atoms with Crippen molar-refractivity contribution in [2.45, 2.75) is 33.5 Å². The minimum Gasteiger partial charge on any atom is -0.337 e. The van der Waals surface area contributed by atoms with Crippen LogP contribution in [0.1, 0.15) is 31.9 Å². The summed E-state index contributed by atoms with van der Waals surface area (Å²) < 4.78 is 38.0. The molecule has 152 valence electrons. The van der Waals surface area contributed by atoms with Crippen LogP contribution in [0.5, 0.6) is 0 Å². The Morgan fingerprint density at radius 3 is 2.04 bits per heavy atom. The monoisotopic (exact) mass is 394 g/mol. The highest BCUT2D eigenvalue weighted by molar-refractivity contribution is 5.73. The Morgan fingerprint density at radius 1 is 1.00 bits per heavy atom. The molecule has 28 heavy (non-hydrogen) atoms. The number of rotatable bonds is 8. The first-order chi connectivity index (χ1) is 13.2. The maximum atomic E-state index is 12.7. The molecule has 2 rings (SSSR count). The van der Waals surface area contributed by atoms with Crippen LogP contribution in [0.15, 0.2) is 36.7 Å². The molecule has 0 saturated heterocycles. The summed E-state index contributed by atoms with van der Waals surface area (Å²) in [6.07, 6.45) is -1.16. The molecular weight excluding hydrogens is 369 g/mol. The van der Waals surface area contributed by atoms with Crippen molar-refractivity contribution in [1.29, 1.82) is 0 Å². The van der Waals surface area contributed by atoms with Gasteiger partial charge in [0.05, 0.1) is 5.56 Å². The molecule has 5 nitrogen and oxygen atoms in total. The number of amides is 1. The number of halogens is 3. The van der Waals surface area contributed by atoms with Crippen LogP contribution in [-0.2, 0) is 17.5 Å². The predicted molar refractivity (Wildman–Crippen MR) is 101 cm³/mol. The standard InChI is InChI=1S/C20H25F3N4O/c1-4-26(5-2)10-11-27(15(3)28)14-16-12-24-19(25-13-16)17-6-8-18(9-7-17)20(21,22)23/h6-9,12-13H,4-5,10-11,14H2,1-3H3. The van der Waals surface area contributed by atoms with E-state index in [-0.39, 0.29) is 5.91 Å². The van der Waals surface area contributed by atoms with E-state index in [0.717, 1.165) is 37.3 Å². The molecule has 2 aromatic rings. The number of benzene rings is 1. The van der Waals surface area contributed by atoms with Crippen molar-refractivity contribution in [1.82, 2.24) is 19.8 Å². The van der Waals surface area contributed by atoms with E-state index in [1.165, 1.54) is 19.1 Å². The molecule has 0 bridgehead atoms. The number of hydrogen-bond donors (Lipinski definition) is 0. The van der Waals surface area contributed by atoms with Crippen LogP contribution in [-0.4, -0.2) is 51.9 Å². The average molecular weight is 394 g/mol. The van der Waals surface area contributed by atoms with E-state index >= 15 is 0 Å². The lowest BCUT2D eigenvalue weighted by Crippen LogP contribution is -2.37. The number of hydrogen-bond acceptors (Lipinski definition) is 4. The zero-order valence-corrected chi connectivity index (χ0v) is 16.3. The summed E-state index contributed by atoms with van der Waals surface area (Å²) in [6, 6.07) is 4.72. The first kappa shape index (κ1) is 21.8. The van der Waals surface area contributed by atoms with Crippen LogP contribution in [0, 0.1) is 0 Å². The first-order valence-corrected chi connectivity index (χ1v) is 9.21. The van der Waals surface area contributed by atoms with Gasteiger partial charge < -0.3 is 9.80 Å². The number of aromatic nitrogens is 2. The quantitative estimate of drug-likeness (QED) is 0.682. The molecule has 1 heterocycles. The van der Waals surface area contributed by atoms with Crippen molar-refractivity contribution < 1.29 is 18.0 Å². The molecule has 0 radical (unpaired) electrons. The molecular formula is C20H25F3N4O. The fraction of sp³-hybridized carbons (Fsp3) is 0.450. The second kappa shape index (κ2) is 9.64. The van der Waals surface area contributed by atoms with E-state index in [1.807, 2.05) is 0 Å². The molecule has 1 amide bonds. The second-order valence-corrected chi connectivity index (χ2v) is 6.46. The highest BCUT2D eigenvalue weighted by Crippen LogP contribution is 2.30. The van der Waals surface area contributed by atoms with E-state index < -0.39 is 11.7 Å². The fourth-order valence-corrected chi connectivity index (χ4v) is 2.76. The highest BCUT2D eigenvalue weighted by atomic mass is 19.4. The molecule has 1 aromatic heterocycles. The highest BCUT2D eigenvalue weighted by Gasteiger charge is 2.30. The van der Waals surface area contributed by atoms with E-state index in [0.29, 0.717) is 24.5 Å². The third-order valence-corrected chi connectivity index (χ3v) is 4.58. The topological polar surface area (TPSA) is 49.3 Å². The fourth-order valence-electron chi connectivity index (χ4n) is 2.76. The van der Waals surface area contributed by atoms with Gasteiger partial charge in [0.15, 0.2) is 5.82 Å². The molecule has 0 fully saturated rings. The Labute approximate surface area is 163 Å². The summed E-state index contributed by atoms with van der Waals surface area (Å²) in [5, 5.41) is 0. The van der Waals surface area contributed by atoms with Gasteiger partial charge in [-0.15, -0.1) is 0 Å². The number of carbonyl (C=O) groups excluding carboxylic acids is 1. The Kier molecular flexibility index (Phi) is 7.51. The predicted octanol–water partition coefficient (Wildman–Crippen LogP) is 3.85. The lowest BCUT2D eigenvalue weighted by molar-refractivity contribution is -0.137. The van der Waals surface area contributed by atoms with Gasteiger partial charge in [-0.05, 0) is 25.2 Å². The van der Waals surface area contributed by atoms with Gasteiger partial charge >= 0.3 is 6.18 Å². The SMILES string of the molecule is CCN(CC)CCN(Cc1cnc(-c2ccc(C(F)(F)F)cc2)nc1)C(C)=O. The van der Waals surface area contributed by atoms with Crippen LogP contribution in [0.3, 0.4) is 0 Å². The van der Waals surface area contributed by atoms with Crippen molar-refractivity contribution in [3.63, 3.8) is 0 Å². The third-order valence-electron chi connectivity index (χ3n) is 4.58. The zero-order valence-electron chi connectivity index (χ0n) is 16.3. The maximum absolute atomic E-state index is 12.7. The lowest BCUT2D eigenvalue weighted by atomic mass is 10.1. The summed E-state index contributed by atoms with van der Waals surface area (Å²) in [5.74, 6) is 0.314. The summed E-state index contributed by atoms with van der Waals surface area (Å²) >= 11 is 0. The molecule has 0 atom stereocenters. The van der Waals surface area contributed by atoms with Crippen molar-refractivity contribution in [3.8, 4) is 11.4 Å². The van der Waals surface area contributed by atoms with Crippen LogP contribution in [0.2, 0.25) is 0 Å². The van der Waals surface area contributed by atoms with Gasteiger partial charge in [0, 0.05) is 50.1 Å². The largest absolute Gasteiger partial charge is 0.416 e. The van der Waals surface area contributed by atoms with Crippen molar-refractivity contribution in [2.75, 3.05) is 26.2 Å². The van der Waals surface area contributed by atoms with Gasteiger partial charge in [-0.1, -0.05) is 26.0 Å². The van der Waals surface area contributed by atoms with Crippen molar-refractivity contribution >= 4 is 5.91 Å². The molecule has 0 N–H and O–H groups in total. The van der Waals surface area contributed by atoms with E-state index in [2.05, 4.69) is 28.7 Å². The van der Waals surface area contributed by atoms with Crippen LogP contribution in [0.25, 0.3) is 11.4 Å². The Hall–Kier alpha value is -2.48. The van der Waals surface area contributed by atoms with Gasteiger partial charge in [-0.3, -0.25) is 4.79 Å². The minimum absolute atomic E-state index is 0.0287. The average Bonchev–Trinajstić information content (AvgIpc) is 2.67. The Morgan fingerprint density at radius 2 is 1.57 bits per heavy atom. The van der Waals surface area contributed by atoms with Crippen LogP contribution in [0.4, 0.5) is 13.2 Å². The summed E-state index contributed by atoms with van der Waals surface area (Å²) in [4.78, 5) is 24.4. The van der Waals surface area contributed by atoms with Gasteiger partial charge in [0.2, 0.25) is 5.91 Å². The zero-order chi connectivity index (χ0) is 20.7. The van der Waals surface area contributed by atoms with E-state index in [9.17, 15) is 18.0 Å². The molecule has 1 aromatic carbocycles. The normalized spacial score (nSPS) is 11.7. The molecule has 0 aliphatic heterocycles. The summed E-state index contributed by atoms with van der Waals surface area (Å²) in [5.41, 5.74) is 0.563. The van der Waals surface area contributed by atoms with Gasteiger partial charge in [0.25, 0.3) is 0 Å². The van der Waals surface area contributed by atoms with Crippen LogP contribution >= 0.6 is 0 Å². The van der Waals surface area contributed by atoms with Gasteiger partial charge in [-0.25, -0.2) is 9.97 Å². The third kappa shape index (κ3) is 6.02. The number of carbonyl (C=O) groups is 1. The summed E-state index contributed by atoms with van der Waals surface area (Å²) in [7, 11) is 0. The first-order valence-electron chi connectivity index (χ1n) is 9.21. The maximum Gasteiger partial charge on any atom is 0.416 e. The molecule has 0 saturated carbocycles. The lowest BCUT2D eigenvalue weighted by Gasteiger charge is -2.25. The summed E-state index contributed by atoms with van der Waals surface area (Å²) in [6.45, 7) is 9.32. The number of nitrogens with zero attached hydrogens (tertiary/aromatic N) is 4. The smallest absolute Gasteiger partial charge is 0.337 e. The second-order valence-electron chi connectivity index (χ2n) is 6.46. The van der Waals surface area contributed by atoms with Gasteiger partial charge in [0.1, 0.15) is 0 Å². The Bertz CT molecular complexity index is 757. The van der Waals surface area contributed by atoms with Crippen molar-refractivity contribution in [3.05, 3.63) is 47.8 Å². The van der Waals surface area contributed by atoms with E-state index in [4.69, 9.17) is 0 Å². The Balaban J connectivity index is 2.05. The van der Waals surface area contributed by atoms with Gasteiger partial charge in [-0.2, -0.15) is 13.2 Å². The minimum atomic E-state index is -4.37. The van der Waals surface area contributed by atoms with Crippen LogP contribution < -0.4 is 0 Å². The molecule has 0 unspecified atom stereocenters. The number of alkyl halides is 3.